The third-order valence-electron chi connectivity index (χ3n) is 2.42. The van der Waals surface area contributed by atoms with Crippen LogP contribution in [0.1, 0.15) is 19.9 Å². The predicted octanol–water partition coefficient (Wildman–Crippen LogP) is 2.55. The molecule has 0 aliphatic rings. The minimum absolute atomic E-state index is 0.0476. The van der Waals surface area contributed by atoms with Crippen LogP contribution in [0, 0.1) is 4.64 Å². The molecule has 0 spiro atoms. The van der Waals surface area contributed by atoms with Gasteiger partial charge in [-0.2, -0.15) is 0 Å². The van der Waals surface area contributed by atoms with E-state index < -0.39 is 0 Å². The van der Waals surface area contributed by atoms with E-state index in [4.69, 9.17) is 12.2 Å². The molecule has 0 saturated carbocycles. The fourth-order valence-electron chi connectivity index (χ4n) is 1.73. The Bertz CT molecular complexity index is 628. The van der Waals surface area contributed by atoms with Gasteiger partial charge in [-0.15, -0.1) is 0 Å². The molecule has 0 aliphatic carbocycles. The van der Waals surface area contributed by atoms with E-state index >= 15 is 0 Å². The van der Waals surface area contributed by atoms with Gasteiger partial charge in [0.25, 0.3) is 0 Å². The summed E-state index contributed by atoms with van der Waals surface area (Å²) in [6.45, 7) is 3.90. The van der Waals surface area contributed by atoms with E-state index in [9.17, 15) is 4.79 Å². The van der Waals surface area contributed by atoms with Crippen molar-refractivity contribution in [3.8, 4) is 11.4 Å². The average molecular weight is 247 g/mol. The summed E-state index contributed by atoms with van der Waals surface area (Å²) in [5, 5.41) is 0. The SMILES string of the molecule is CC(C)n1c(-c2ccccn2)cc(=S)[nH]c1=O. The van der Waals surface area contributed by atoms with Gasteiger partial charge in [0.1, 0.15) is 4.64 Å². The van der Waals surface area contributed by atoms with Crippen molar-refractivity contribution in [2.24, 2.45) is 0 Å². The van der Waals surface area contributed by atoms with Crippen molar-refractivity contribution in [3.05, 3.63) is 45.6 Å². The minimum Gasteiger partial charge on any atom is -0.298 e. The van der Waals surface area contributed by atoms with E-state index in [0.29, 0.717) is 4.64 Å². The third kappa shape index (κ3) is 2.34. The lowest BCUT2D eigenvalue weighted by atomic mass is 10.2. The number of hydrogen-bond donors (Lipinski definition) is 1. The zero-order valence-electron chi connectivity index (χ0n) is 9.68. The van der Waals surface area contributed by atoms with Crippen LogP contribution >= 0.6 is 12.2 Å². The van der Waals surface area contributed by atoms with Gasteiger partial charge in [-0.25, -0.2) is 4.79 Å². The summed E-state index contributed by atoms with van der Waals surface area (Å²) in [4.78, 5) is 18.8. The normalized spacial score (nSPS) is 10.8. The molecule has 5 heteroatoms. The van der Waals surface area contributed by atoms with Gasteiger partial charge in [-0.05, 0) is 32.0 Å². The Labute approximate surface area is 104 Å². The Morgan fingerprint density at radius 1 is 1.41 bits per heavy atom. The summed E-state index contributed by atoms with van der Waals surface area (Å²) in [6.07, 6.45) is 1.70. The molecule has 2 aromatic rings. The molecule has 0 atom stereocenters. The summed E-state index contributed by atoms with van der Waals surface area (Å²) in [6, 6.07) is 7.40. The van der Waals surface area contributed by atoms with E-state index in [-0.39, 0.29) is 11.7 Å². The van der Waals surface area contributed by atoms with Gasteiger partial charge >= 0.3 is 5.69 Å². The van der Waals surface area contributed by atoms with Gasteiger partial charge in [0.15, 0.2) is 0 Å². The van der Waals surface area contributed by atoms with E-state index in [0.717, 1.165) is 11.4 Å². The maximum Gasteiger partial charge on any atom is 0.327 e. The zero-order chi connectivity index (χ0) is 12.4. The van der Waals surface area contributed by atoms with Crippen LogP contribution in [0.15, 0.2) is 35.3 Å². The molecule has 0 amide bonds. The van der Waals surface area contributed by atoms with Crippen LogP contribution in [-0.2, 0) is 0 Å². The number of nitrogens with one attached hydrogen (secondary N) is 1. The Morgan fingerprint density at radius 3 is 2.76 bits per heavy atom. The molecule has 1 N–H and O–H groups in total. The van der Waals surface area contributed by atoms with Gasteiger partial charge in [0.2, 0.25) is 0 Å². The molecular weight excluding hydrogens is 234 g/mol. The molecule has 17 heavy (non-hydrogen) atoms. The van der Waals surface area contributed by atoms with Gasteiger partial charge < -0.3 is 0 Å². The highest BCUT2D eigenvalue weighted by molar-refractivity contribution is 7.71. The van der Waals surface area contributed by atoms with E-state index in [2.05, 4.69) is 9.97 Å². The number of hydrogen-bond acceptors (Lipinski definition) is 3. The molecule has 0 aliphatic heterocycles. The lowest BCUT2D eigenvalue weighted by Gasteiger charge is -2.14. The van der Waals surface area contributed by atoms with Crippen molar-refractivity contribution in [1.29, 1.82) is 0 Å². The lowest BCUT2D eigenvalue weighted by molar-refractivity contribution is 0.568. The molecular formula is C12H13N3OS. The molecule has 2 rings (SSSR count). The van der Waals surface area contributed by atoms with Crippen LogP contribution in [0.25, 0.3) is 11.4 Å². The standard InChI is InChI=1S/C12H13N3OS/c1-8(2)15-10(7-11(17)14-12(15)16)9-5-3-4-6-13-9/h3-8H,1-2H3,(H,14,16,17). The first-order valence-corrected chi connectivity index (χ1v) is 5.77. The quantitative estimate of drug-likeness (QED) is 0.830. The summed E-state index contributed by atoms with van der Waals surface area (Å²) >= 11 is 5.04. The molecule has 0 unspecified atom stereocenters. The second kappa shape index (κ2) is 4.63. The second-order valence-electron chi connectivity index (χ2n) is 4.00. The Balaban J connectivity index is 2.77. The Morgan fingerprint density at radius 2 is 2.18 bits per heavy atom. The van der Waals surface area contributed by atoms with E-state index in [1.807, 2.05) is 32.0 Å². The van der Waals surface area contributed by atoms with Crippen LogP contribution in [0.4, 0.5) is 0 Å². The first kappa shape index (κ1) is 11.7. The van der Waals surface area contributed by atoms with Crippen molar-refractivity contribution >= 4 is 12.2 Å². The minimum atomic E-state index is -0.201. The van der Waals surface area contributed by atoms with Crippen molar-refractivity contribution < 1.29 is 0 Å². The number of aromatic nitrogens is 3. The molecule has 0 bridgehead atoms. The highest BCUT2D eigenvalue weighted by Gasteiger charge is 2.10. The molecule has 4 nitrogen and oxygen atoms in total. The van der Waals surface area contributed by atoms with Crippen molar-refractivity contribution in [1.82, 2.24) is 14.5 Å². The fraction of sp³-hybridized carbons (Fsp3) is 0.250. The second-order valence-corrected chi connectivity index (χ2v) is 4.44. The number of nitrogens with zero attached hydrogens (tertiary/aromatic N) is 2. The first-order chi connectivity index (χ1) is 8.09. The van der Waals surface area contributed by atoms with Crippen molar-refractivity contribution in [2.75, 3.05) is 0 Å². The molecule has 0 saturated heterocycles. The van der Waals surface area contributed by atoms with Crippen LogP contribution in [0.2, 0.25) is 0 Å². The van der Waals surface area contributed by atoms with Crippen LogP contribution < -0.4 is 5.69 Å². The fourth-order valence-corrected chi connectivity index (χ4v) is 1.93. The van der Waals surface area contributed by atoms with E-state index in [1.165, 1.54) is 0 Å². The van der Waals surface area contributed by atoms with Crippen LogP contribution in [0.5, 0.6) is 0 Å². The van der Waals surface area contributed by atoms with Crippen LogP contribution in [0.3, 0.4) is 0 Å². The highest BCUT2D eigenvalue weighted by Crippen LogP contribution is 2.17. The molecule has 0 fully saturated rings. The van der Waals surface area contributed by atoms with Gasteiger partial charge in [0.05, 0.1) is 11.4 Å². The number of pyridine rings is 1. The van der Waals surface area contributed by atoms with Crippen molar-refractivity contribution in [2.45, 2.75) is 19.9 Å². The number of H-pyrrole nitrogens is 1. The van der Waals surface area contributed by atoms with Crippen LogP contribution in [-0.4, -0.2) is 14.5 Å². The number of aromatic amines is 1. The van der Waals surface area contributed by atoms with Gasteiger partial charge in [-0.1, -0.05) is 18.3 Å². The predicted molar refractivity (Wildman–Crippen MR) is 69.5 cm³/mol. The van der Waals surface area contributed by atoms with E-state index in [1.54, 1.807) is 16.8 Å². The Hall–Kier alpha value is -1.75. The monoisotopic (exact) mass is 247 g/mol. The summed E-state index contributed by atoms with van der Waals surface area (Å²) in [5.41, 5.74) is 1.29. The molecule has 88 valence electrons. The molecule has 2 heterocycles. The van der Waals surface area contributed by atoms with Crippen molar-refractivity contribution in [3.63, 3.8) is 0 Å². The zero-order valence-corrected chi connectivity index (χ0v) is 10.5. The summed E-state index contributed by atoms with van der Waals surface area (Å²) in [5.74, 6) is 0. The van der Waals surface area contributed by atoms with Gasteiger partial charge in [0, 0.05) is 12.2 Å². The maximum absolute atomic E-state index is 11.9. The molecule has 2 aromatic heterocycles. The van der Waals surface area contributed by atoms with Gasteiger partial charge in [-0.3, -0.25) is 14.5 Å². The molecule has 0 radical (unpaired) electrons. The average Bonchev–Trinajstić information content (AvgIpc) is 2.28. The smallest absolute Gasteiger partial charge is 0.298 e. The lowest BCUT2D eigenvalue weighted by Crippen LogP contribution is -2.26. The first-order valence-electron chi connectivity index (χ1n) is 5.37. The molecule has 0 aromatic carbocycles. The largest absolute Gasteiger partial charge is 0.327 e. The number of rotatable bonds is 2. The topological polar surface area (TPSA) is 50.7 Å². The highest BCUT2D eigenvalue weighted by atomic mass is 32.1. The maximum atomic E-state index is 11.9. The Kier molecular flexibility index (Phi) is 3.19. The summed E-state index contributed by atoms with van der Waals surface area (Å²) < 4.78 is 2.07. The third-order valence-corrected chi connectivity index (χ3v) is 2.64. The summed E-state index contributed by atoms with van der Waals surface area (Å²) in [7, 11) is 0.